The van der Waals surface area contributed by atoms with Gasteiger partial charge in [0, 0.05) is 21.3 Å². The fraction of sp³-hybridized carbons (Fsp3) is 0.739. The van der Waals surface area contributed by atoms with E-state index in [0.717, 1.165) is 0 Å². The first-order chi connectivity index (χ1) is 16.6. The predicted octanol–water partition coefficient (Wildman–Crippen LogP) is 0.189. The maximum atomic E-state index is 12.7. The van der Waals surface area contributed by atoms with Crippen molar-refractivity contribution in [1.82, 2.24) is 0 Å². The summed E-state index contributed by atoms with van der Waals surface area (Å²) in [5.41, 5.74) is 0. The fourth-order valence-corrected chi connectivity index (χ4v) is 5.35. The largest absolute Gasteiger partial charge is 0.393 e. The van der Waals surface area contributed by atoms with Crippen LogP contribution in [0.4, 0.5) is 0 Å². The van der Waals surface area contributed by atoms with Gasteiger partial charge in [-0.1, -0.05) is 13.8 Å². The van der Waals surface area contributed by atoms with Crippen molar-refractivity contribution in [1.29, 1.82) is 0 Å². The van der Waals surface area contributed by atoms with Gasteiger partial charge >= 0.3 is 35.8 Å². The molecule has 0 N–H and O–H groups in total. The van der Waals surface area contributed by atoms with Crippen LogP contribution in [-0.2, 0) is 57.2 Å². The van der Waals surface area contributed by atoms with E-state index in [2.05, 4.69) is 4.74 Å². The molecule has 0 saturated carbocycles. The molecule has 3 saturated heterocycles. The summed E-state index contributed by atoms with van der Waals surface area (Å²) in [4.78, 5) is 74.2. The third kappa shape index (κ3) is 5.00. The number of ether oxygens (including phenoxy) is 6. The van der Waals surface area contributed by atoms with Crippen LogP contribution in [0.2, 0.25) is 0 Å². The summed E-state index contributed by atoms with van der Waals surface area (Å²) in [6.07, 6.45) is -2.30. The van der Waals surface area contributed by atoms with Crippen molar-refractivity contribution in [3.8, 4) is 0 Å². The van der Waals surface area contributed by atoms with Gasteiger partial charge < -0.3 is 28.4 Å². The van der Waals surface area contributed by atoms with E-state index >= 15 is 0 Å². The molecule has 0 amide bonds. The summed E-state index contributed by atoms with van der Waals surface area (Å²) < 4.78 is 30.7. The van der Waals surface area contributed by atoms with Crippen LogP contribution >= 0.6 is 0 Å². The Kier molecular flexibility index (Phi) is 8.39. The third-order valence-corrected chi connectivity index (χ3v) is 7.29. The molecule has 0 radical (unpaired) electrons. The van der Waals surface area contributed by atoms with Gasteiger partial charge in [0.2, 0.25) is 0 Å². The molecule has 0 aromatic heterocycles. The maximum Gasteiger partial charge on any atom is 0.320 e. The number of rotatable bonds is 11. The molecule has 0 aromatic carbocycles. The van der Waals surface area contributed by atoms with Crippen LogP contribution in [0.1, 0.15) is 33.1 Å². The Balaban J connectivity index is 1.84. The Morgan fingerprint density at radius 1 is 0.600 bits per heavy atom. The number of carbonyl (C=O) groups is 6. The van der Waals surface area contributed by atoms with Crippen LogP contribution in [0.3, 0.4) is 0 Å². The first-order valence-corrected chi connectivity index (χ1v) is 11.4. The molecule has 3 heterocycles. The van der Waals surface area contributed by atoms with Crippen molar-refractivity contribution in [3.05, 3.63) is 0 Å². The molecule has 0 aromatic rings. The summed E-state index contributed by atoms with van der Waals surface area (Å²) in [7, 11) is 4.05. The lowest BCUT2D eigenvalue weighted by molar-refractivity contribution is -0.157. The minimum atomic E-state index is -1.14. The lowest BCUT2D eigenvalue weighted by Crippen LogP contribution is -2.41. The fourth-order valence-electron chi connectivity index (χ4n) is 5.35. The summed E-state index contributed by atoms with van der Waals surface area (Å²) in [6.45, 7) is 3.31. The van der Waals surface area contributed by atoms with E-state index in [1.54, 1.807) is 6.92 Å². The van der Waals surface area contributed by atoms with Gasteiger partial charge in [-0.15, -0.1) is 0 Å². The van der Waals surface area contributed by atoms with Crippen LogP contribution in [0, 0.1) is 35.5 Å². The van der Waals surface area contributed by atoms with Crippen LogP contribution in [0.15, 0.2) is 0 Å². The monoisotopic (exact) mass is 498 g/mol. The molecule has 0 bridgehead atoms. The molecule has 3 fully saturated rings. The van der Waals surface area contributed by atoms with Crippen LogP contribution in [0.5, 0.6) is 0 Å². The normalized spacial score (nSPS) is 33.5. The van der Waals surface area contributed by atoms with Crippen molar-refractivity contribution < 1.29 is 57.2 Å². The van der Waals surface area contributed by atoms with E-state index in [0.29, 0.717) is 6.42 Å². The van der Waals surface area contributed by atoms with E-state index in [1.165, 1.54) is 28.3 Å². The number of hydrogen-bond acceptors (Lipinski definition) is 12. The second-order valence-corrected chi connectivity index (χ2v) is 9.00. The molecular formula is C23H30O12. The average Bonchev–Trinajstić information content (AvgIpc) is 3.35. The van der Waals surface area contributed by atoms with Crippen molar-refractivity contribution in [2.24, 2.45) is 35.5 Å². The van der Waals surface area contributed by atoms with E-state index in [4.69, 9.17) is 23.7 Å². The van der Waals surface area contributed by atoms with Gasteiger partial charge in [0.1, 0.15) is 0 Å². The molecule has 12 heteroatoms. The molecule has 12 nitrogen and oxygen atoms in total. The van der Waals surface area contributed by atoms with Gasteiger partial charge in [0.25, 0.3) is 0 Å². The second kappa shape index (κ2) is 10.9. The number of esters is 6. The summed E-state index contributed by atoms with van der Waals surface area (Å²) in [5, 5.41) is 0. The Bertz CT molecular complexity index is 893. The minimum absolute atomic E-state index is 0.104. The third-order valence-electron chi connectivity index (χ3n) is 7.29. The van der Waals surface area contributed by atoms with Crippen molar-refractivity contribution in [3.63, 3.8) is 0 Å². The standard InChI is InChI=1S/C23H30O12/c1-6-12(30-3)16-10(19(25)34-22(16)28)8-14(32-5)17-11(20(26)35-23(17)29)7-13(31-4)15-9(2)18(24)33-21(15)27/h9-17H,6-8H2,1-5H3/t9-,10-,11-,12+,13+,14+,15-,16-,17-/m1/s1. The smallest absolute Gasteiger partial charge is 0.320 e. The van der Waals surface area contributed by atoms with Gasteiger partial charge in [0.05, 0.1) is 53.8 Å². The summed E-state index contributed by atoms with van der Waals surface area (Å²) in [5.74, 6) is -10.5. The van der Waals surface area contributed by atoms with Gasteiger partial charge in [0.15, 0.2) is 0 Å². The molecule has 3 aliphatic rings. The first-order valence-electron chi connectivity index (χ1n) is 11.4. The summed E-state index contributed by atoms with van der Waals surface area (Å²) in [6, 6.07) is 0. The Labute approximate surface area is 201 Å². The predicted molar refractivity (Wildman–Crippen MR) is 112 cm³/mol. The van der Waals surface area contributed by atoms with Crippen molar-refractivity contribution >= 4 is 35.8 Å². The SMILES string of the molecule is CC[C@H](OC)[C@@H]1C(=O)OC(=O)[C@@H]1C[C@H](OC)[C@@H]1C(=O)OC(=O)[C@@H]1C[C@H](OC)[C@@H]1C(=O)OC(=O)[C@@H]1C. The molecule has 194 valence electrons. The Morgan fingerprint density at radius 2 is 0.971 bits per heavy atom. The highest BCUT2D eigenvalue weighted by molar-refractivity contribution is 5.99. The van der Waals surface area contributed by atoms with Crippen molar-refractivity contribution in [2.75, 3.05) is 21.3 Å². The molecule has 9 atom stereocenters. The highest BCUT2D eigenvalue weighted by atomic mass is 16.6. The molecule has 0 unspecified atom stereocenters. The number of methoxy groups -OCH3 is 3. The van der Waals surface area contributed by atoms with Crippen molar-refractivity contribution in [2.45, 2.75) is 51.4 Å². The lowest BCUT2D eigenvalue weighted by Gasteiger charge is -2.29. The molecule has 3 aliphatic heterocycles. The van der Waals surface area contributed by atoms with E-state index in [-0.39, 0.29) is 12.8 Å². The highest BCUT2D eigenvalue weighted by Crippen LogP contribution is 2.41. The zero-order chi connectivity index (χ0) is 26.0. The molecular weight excluding hydrogens is 468 g/mol. The van der Waals surface area contributed by atoms with Crippen LogP contribution < -0.4 is 0 Å². The lowest BCUT2D eigenvalue weighted by atomic mass is 9.76. The molecule has 0 spiro atoms. The Morgan fingerprint density at radius 3 is 1.34 bits per heavy atom. The number of hydrogen-bond donors (Lipinski definition) is 0. The Hall–Kier alpha value is -2.70. The van der Waals surface area contributed by atoms with E-state index in [9.17, 15) is 28.8 Å². The van der Waals surface area contributed by atoms with Crippen LogP contribution in [0.25, 0.3) is 0 Å². The quantitative estimate of drug-likeness (QED) is 0.217. The average molecular weight is 498 g/mol. The van der Waals surface area contributed by atoms with Gasteiger partial charge in [-0.25, -0.2) is 0 Å². The minimum Gasteiger partial charge on any atom is -0.393 e. The molecule has 3 rings (SSSR count). The van der Waals surface area contributed by atoms with E-state index < -0.39 is 89.6 Å². The zero-order valence-corrected chi connectivity index (χ0v) is 20.2. The molecule has 0 aliphatic carbocycles. The summed E-state index contributed by atoms with van der Waals surface area (Å²) >= 11 is 0. The topological polar surface area (TPSA) is 158 Å². The molecule has 35 heavy (non-hydrogen) atoms. The number of carbonyl (C=O) groups excluding carboxylic acids is 6. The zero-order valence-electron chi connectivity index (χ0n) is 20.2. The number of cyclic esters (lactones) is 6. The van der Waals surface area contributed by atoms with Gasteiger partial charge in [-0.2, -0.15) is 0 Å². The second-order valence-electron chi connectivity index (χ2n) is 9.00. The van der Waals surface area contributed by atoms with Gasteiger partial charge in [-0.3, -0.25) is 28.8 Å². The van der Waals surface area contributed by atoms with Gasteiger partial charge in [-0.05, 0) is 19.3 Å². The van der Waals surface area contributed by atoms with E-state index in [1.807, 2.05) is 0 Å². The highest BCUT2D eigenvalue weighted by Gasteiger charge is 2.56. The first kappa shape index (κ1) is 26.9. The van der Waals surface area contributed by atoms with Crippen LogP contribution in [-0.4, -0.2) is 75.5 Å². The maximum absolute atomic E-state index is 12.7.